The van der Waals surface area contributed by atoms with Gasteiger partial charge < -0.3 is 9.41 Å². The number of hydrogen-bond donors (Lipinski definition) is 1. The average Bonchev–Trinajstić information content (AvgIpc) is 2.97. The maximum atomic E-state index is 9.74. The number of rotatable bonds is 2. The van der Waals surface area contributed by atoms with Crippen LogP contribution in [0.3, 0.4) is 0 Å². The Bertz CT molecular complexity index is 623. The number of aliphatic hydroxyl groups excluding tert-OH is 1. The number of benzene rings is 1. The Kier molecular flexibility index (Phi) is 3.08. The molecule has 1 aromatic heterocycles. The van der Waals surface area contributed by atoms with Gasteiger partial charge in [-0.3, -0.25) is 4.68 Å². The van der Waals surface area contributed by atoms with Gasteiger partial charge in [-0.15, -0.1) is 0 Å². The summed E-state index contributed by atoms with van der Waals surface area (Å²) in [6.07, 6.45) is 3.39. The largest absolute Gasteiger partial charge is 0.386 e. The lowest BCUT2D eigenvalue weighted by molar-refractivity contribution is 0.234. The third-order valence-electron chi connectivity index (χ3n) is 3.11. The highest BCUT2D eigenvalue weighted by Crippen LogP contribution is 2.37. The van der Waals surface area contributed by atoms with E-state index in [4.69, 9.17) is 0 Å². The zero-order chi connectivity index (χ0) is 13.4. The third-order valence-corrected chi connectivity index (χ3v) is 4.20. The summed E-state index contributed by atoms with van der Waals surface area (Å²) in [7, 11) is 1.91. The molecule has 2 aromatic rings. The van der Waals surface area contributed by atoms with Crippen molar-refractivity contribution in [2.45, 2.75) is 6.10 Å². The molecule has 1 aliphatic heterocycles. The number of aryl methyl sites for hydroxylation is 1. The van der Waals surface area contributed by atoms with Crippen molar-refractivity contribution in [3.05, 3.63) is 48.1 Å². The van der Waals surface area contributed by atoms with Gasteiger partial charge in [-0.05, 0) is 29.6 Å². The summed E-state index contributed by atoms with van der Waals surface area (Å²) in [6.45, 7) is 4.44. The standard InChI is InChI=1S/C14H15N3OS/c1-10-14(18)9-17(19-10)13-5-3-4-11(6-13)12-7-15-16(2)8-12/h3-8,14,18H,1,9H2,2H3. The molecule has 0 saturated carbocycles. The summed E-state index contributed by atoms with van der Waals surface area (Å²) in [5.74, 6) is 0. The van der Waals surface area contributed by atoms with Gasteiger partial charge in [0.2, 0.25) is 0 Å². The Morgan fingerprint density at radius 3 is 2.89 bits per heavy atom. The third kappa shape index (κ3) is 2.39. The molecule has 5 heteroatoms. The first-order valence-electron chi connectivity index (χ1n) is 6.05. The fraction of sp³-hybridized carbons (Fsp3) is 0.214. The first-order chi connectivity index (χ1) is 9.13. The first kappa shape index (κ1) is 12.3. The summed E-state index contributed by atoms with van der Waals surface area (Å²) in [4.78, 5) is 0.798. The van der Waals surface area contributed by atoms with Gasteiger partial charge >= 0.3 is 0 Å². The van der Waals surface area contributed by atoms with Gasteiger partial charge in [0.25, 0.3) is 0 Å². The summed E-state index contributed by atoms with van der Waals surface area (Å²) in [5.41, 5.74) is 3.29. The van der Waals surface area contributed by atoms with Crippen molar-refractivity contribution in [1.82, 2.24) is 9.78 Å². The Balaban J connectivity index is 1.90. The quantitative estimate of drug-likeness (QED) is 0.853. The number of aliphatic hydroxyl groups is 1. The monoisotopic (exact) mass is 273 g/mol. The summed E-state index contributed by atoms with van der Waals surface area (Å²) in [6, 6.07) is 8.23. The molecule has 1 fully saturated rings. The molecule has 98 valence electrons. The van der Waals surface area contributed by atoms with E-state index in [9.17, 15) is 5.11 Å². The Labute approximate surface area is 116 Å². The topological polar surface area (TPSA) is 41.3 Å². The van der Waals surface area contributed by atoms with E-state index < -0.39 is 6.10 Å². The molecule has 0 spiro atoms. The number of nitrogens with zero attached hydrogens (tertiary/aromatic N) is 3. The zero-order valence-corrected chi connectivity index (χ0v) is 11.5. The minimum Gasteiger partial charge on any atom is -0.386 e. The SMILES string of the molecule is C=C1SN(c2cccc(-c3cnn(C)c3)c2)CC1O. The molecule has 2 heterocycles. The zero-order valence-electron chi connectivity index (χ0n) is 10.7. The van der Waals surface area contributed by atoms with Crippen molar-refractivity contribution < 1.29 is 5.11 Å². The molecule has 1 aromatic carbocycles. The second-order valence-corrected chi connectivity index (χ2v) is 5.74. The second kappa shape index (κ2) is 4.75. The Hall–Kier alpha value is -1.72. The van der Waals surface area contributed by atoms with Crippen LogP contribution in [0.25, 0.3) is 11.1 Å². The Morgan fingerprint density at radius 2 is 2.26 bits per heavy atom. The van der Waals surface area contributed by atoms with Crippen LogP contribution in [0.1, 0.15) is 0 Å². The van der Waals surface area contributed by atoms with Gasteiger partial charge in [0.1, 0.15) is 6.10 Å². The number of anilines is 1. The highest BCUT2D eigenvalue weighted by atomic mass is 32.2. The van der Waals surface area contributed by atoms with E-state index in [-0.39, 0.29) is 0 Å². The first-order valence-corrected chi connectivity index (χ1v) is 6.82. The smallest absolute Gasteiger partial charge is 0.104 e. The van der Waals surface area contributed by atoms with E-state index in [1.807, 2.05) is 31.6 Å². The van der Waals surface area contributed by atoms with Crippen molar-refractivity contribution in [1.29, 1.82) is 0 Å². The summed E-state index contributed by atoms with van der Waals surface area (Å²) in [5, 5.41) is 13.9. The molecule has 0 radical (unpaired) electrons. The summed E-state index contributed by atoms with van der Waals surface area (Å²) < 4.78 is 3.85. The van der Waals surface area contributed by atoms with Crippen LogP contribution in [0.15, 0.2) is 48.1 Å². The van der Waals surface area contributed by atoms with Gasteiger partial charge in [0.05, 0.1) is 12.7 Å². The van der Waals surface area contributed by atoms with Crippen LogP contribution in [-0.2, 0) is 7.05 Å². The molecular weight excluding hydrogens is 258 g/mol. The lowest BCUT2D eigenvalue weighted by Crippen LogP contribution is -2.17. The van der Waals surface area contributed by atoms with Gasteiger partial charge in [0, 0.05) is 29.4 Å². The van der Waals surface area contributed by atoms with Gasteiger partial charge in [0.15, 0.2) is 0 Å². The van der Waals surface area contributed by atoms with Crippen molar-refractivity contribution in [3.8, 4) is 11.1 Å². The number of β-amino-alcohol motifs (C(OH)–C–C–N with tert-alkyl or cyclic N) is 1. The molecule has 3 rings (SSSR count). The molecule has 0 amide bonds. The molecule has 1 atom stereocenters. The molecule has 1 unspecified atom stereocenters. The van der Waals surface area contributed by atoms with Crippen LogP contribution in [-0.4, -0.2) is 27.5 Å². The van der Waals surface area contributed by atoms with Gasteiger partial charge in [-0.2, -0.15) is 5.10 Å². The molecule has 0 bridgehead atoms. The fourth-order valence-corrected chi connectivity index (χ4v) is 2.98. The minimum atomic E-state index is -0.452. The fourth-order valence-electron chi connectivity index (χ4n) is 2.07. The van der Waals surface area contributed by atoms with E-state index in [1.54, 1.807) is 4.68 Å². The normalized spacial score (nSPS) is 19.2. The maximum absolute atomic E-state index is 9.74. The average molecular weight is 273 g/mol. The van der Waals surface area contributed by atoms with Crippen LogP contribution in [0.2, 0.25) is 0 Å². The highest BCUT2D eigenvalue weighted by Gasteiger charge is 2.25. The molecular formula is C14H15N3OS. The lowest BCUT2D eigenvalue weighted by atomic mass is 10.1. The molecule has 0 aliphatic carbocycles. The molecule has 1 saturated heterocycles. The van der Waals surface area contributed by atoms with Crippen LogP contribution >= 0.6 is 11.9 Å². The van der Waals surface area contributed by atoms with Gasteiger partial charge in [-0.1, -0.05) is 18.7 Å². The minimum absolute atomic E-state index is 0.452. The molecule has 1 N–H and O–H groups in total. The molecule has 1 aliphatic rings. The van der Waals surface area contributed by atoms with Crippen LogP contribution in [0, 0.1) is 0 Å². The maximum Gasteiger partial charge on any atom is 0.104 e. The van der Waals surface area contributed by atoms with Crippen molar-refractivity contribution in [3.63, 3.8) is 0 Å². The highest BCUT2D eigenvalue weighted by molar-refractivity contribution is 8.04. The van der Waals surface area contributed by atoms with Crippen LogP contribution in [0.4, 0.5) is 5.69 Å². The lowest BCUT2D eigenvalue weighted by Gasteiger charge is -2.16. The second-order valence-electron chi connectivity index (χ2n) is 4.59. The van der Waals surface area contributed by atoms with Crippen molar-refractivity contribution in [2.24, 2.45) is 7.05 Å². The van der Waals surface area contributed by atoms with Crippen LogP contribution < -0.4 is 4.31 Å². The number of hydrogen-bond acceptors (Lipinski definition) is 4. The van der Waals surface area contributed by atoms with E-state index >= 15 is 0 Å². The van der Waals surface area contributed by atoms with E-state index in [0.29, 0.717) is 6.54 Å². The predicted octanol–water partition coefficient (Wildman–Crippen LogP) is 2.43. The van der Waals surface area contributed by atoms with Gasteiger partial charge in [-0.25, -0.2) is 0 Å². The predicted molar refractivity (Wildman–Crippen MR) is 78.7 cm³/mol. The van der Waals surface area contributed by atoms with E-state index in [1.165, 1.54) is 11.9 Å². The summed E-state index contributed by atoms with van der Waals surface area (Å²) >= 11 is 1.50. The van der Waals surface area contributed by atoms with E-state index in [0.717, 1.165) is 21.7 Å². The van der Waals surface area contributed by atoms with E-state index in [2.05, 4.69) is 28.1 Å². The van der Waals surface area contributed by atoms with Crippen LogP contribution in [0.5, 0.6) is 0 Å². The number of aromatic nitrogens is 2. The molecule has 4 nitrogen and oxygen atoms in total. The Morgan fingerprint density at radius 1 is 1.42 bits per heavy atom. The van der Waals surface area contributed by atoms with Crippen molar-refractivity contribution in [2.75, 3.05) is 10.8 Å². The molecule has 19 heavy (non-hydrogen) atoms. The van der Waals surface area contributed by atoms with Crippen molar-refractivity contribution >= 4 is 17.6 Å².